The third kappa shape index (κ3) is 3.83. The van der Waals surface area contributed by atoms with Gasteiger partial charge in [0.2, 0.25) is 0 Å². The van der Waals surface area contributed by atoms with Gasteiger partial charge in [0.25, 0.3) is 0 Å². The molecule has 114 valence electrons. The molecule has 0 saturated heterocycles. The van der Waals surface area contributed by atoms with E-state index in [9.17, 15) is 0 Å². The van der Waals surface area contributed by atoms with E-state index >= 15 is 0 Å². The molecule has 20 heavy (non-hydrogen) atoms. The van der Waals surface area contributed by atoms with Crippen molar-refractivity contribution in [3.8, 4) is 0 Å². The summed E-state index contributed by atoms with van der Waals surface area (Å²) in [5.41, 5.74) is 3.93. The smallest absolute Gasteiger partial charge is 0.0845 e. The largest absolute Gasteiger partial charge is 0.374 e. The second-order valence-corrected chi connectivity index (χ2v) is 5.78. The minimum atomic E-state index is -0.164. The molecule has 0 aliphatic rings. The molecule has 0 heterocycles. The van der Waals surface area contributed by atoms with E-state index in [1.807, 2.05) is 0 Å². The molecule has 2 nitrogen and oxygen atoms in total. The first kappa shape index (κ1) is 17.2. The molecule has 0 fully saturated rings. The maximum Gasteiger partial charge on any atom is 0.0845 e. The molecule has 2 unspecified atom stereocenters. The number of nitrogens with one attached hydrogen (secondary N) is 1. The van der Waals surface area contributed by atoms with Gasteiger partial charge in [-0.15, -0.1) is 0 Å². The molecule has 0 amide bonds. The number of hydrogen-bond donors (Lipinski definition) is 1. The van der Waals surface area contributed by atoms with Crippen molar-refractivity contribution in [2.75, 3.05) is 13.2 Å². The zero-order valence-corrected chi connectivity index (χ0v) is 14.0. The number of rotatable bonds is 8. The van der Waals surface area contributed by atoms with Crippen LogP contribution in [0.3, 0.4) is 0 Å². The molecule has 1 aromatic carbocycles. The van der Waals surface area contributed by atoms with Gasteiger partial charge in [-0.1, -0.05) is 32.0 Å². The summed E-state index contributed by atoms with van der Waals surface area (Å²) in [4.78, 5) is 0. The predicted molar refractivity (Wildman–Crippen MR) is 87.3 cm³/mol. The summed E-state index contributed by atoms with van der Waals surface area (Å²) in [6.45, 7) is 14.9. The Morgan fingerprint density at radius 2 is 1.90 bits per heavy atom. The average molecular weight is 277 g/mol. The third-order valence-corrected chi connectivity index (χ3v) is 4.34. The Kier molecular flexibility index (Phi) is 6.70. The molecule has 1 rings (SSSR count). The lowest BCUT2D eigenvalue weighted by molar-refractivity contribution is -0.0564. The fourth-order valence-electron chi connectivity index (χ4n) is 2.75. The van der Waals surface area contributed by atoms with E-state index in [0.717, 1.165) is 26.0 Å². The molecule has 1 aromatic rings. The molecular formula is C18H31NO. The monoisotopic (exact) mass is 277 g/mol. The molecule has 0 aromatic heterocycles. The van der Waals surface area contributed by atoms with E-state index in [1.54, 1.807) is 0 Å². The fraction of sp³-hybridized carbons (Fsp3) is 0.667. The van der Waals surface area contributed by atoms with Crippen LogP contribution in [0.2, 0.25) is 0 Å². The predicted octanol–water partition coefficient (Wildman–Crippen LogP) is 4.55. The highest BCUT2D eigenvalue weighted by molar-refractivity contribution is 5.36. The highest BCUT2D eigenvalue weighted by Gasteiger charge is 2.34. The average Bonchev–Trinajstić information content (AvgIpc) is 2.44. The van der Waals surface area contributed by atoms with Crippen LogP contribution in [0.15, 0.2) is 18.2 Å². The van der Waals surface area contributed by atoms with Gasteiger partial charge in [-0.25, -0.2) is 0 Å². The van der Waals surface area contributed by atoms with Gasteiger partial charge in [0.05, 0.1) is 11.6 Å². The Balaban J connectivity index is 3.20. The van der Waals surface area contributed by atoms with Crippen molar-refractivity contribution in [2.24, 2.45) is 0 Å². The summed E-state index contributed by atoms with van der Waals surface area (Å²) in [5.74, 6) is 0. The molecule has 0 spiro atoms. The molecule has 2 atom stereocenters. The van der Waals surface area contributed by atoms with E-state index < -0.39 is 0 Å². The summed E-state index contributed by atoms with van der Waals surface area (Å²) >= 11 is 0. The maximum atomic E-state index is 6.12. The van der Waals surface area contributed by atoms with Gasteiger partial charge >= 0.3 is 0 Å². The van der Waals surface area contributed by atoms with Crippen molar-refractivity contribution in [2.45, 2.75) is 66.0 Å². The second-order valence-electron chi connectivity index (χ2n) is 5.78. The Morgan fingerprint density at radius 3 is 2.45 bits per heavy atom. The van der Waals surface area contributed by atoms with E-state index in [2.05, 4.69) is 65.1 Å². The Morgan fingerprint density at radius 1 is 1.20 bits per heavy atom. The Bertz CT molecular complexity index is 416. The Hall–Kier alpha value is -0.860. The van der Waals surface area contributed by atoms with Gasteiger partial charge in [0.15, 0.2) is 0 Å². The number of aryl methyl sites for hydroxylation is 1. The first-order chi connectivity index (χ1) is 9.50. The van der Waals surface area contributed by atoms with Gasteiger partial charge in [-0.2, -0.15) is 0 Å². The molecule has 0 bridgehead atoms. The molecule has 0 radical (unpaired) electrons. The van der Waals surface area contributed by atoms with Crippen molar-refractivity contribution >= 4 is 0 Å². The summed E-state index contributed by atoms with van der Waals surface area (Å²) in [7, 11) is 0. The van der Waals surface area contributed by atoms with Crippen LogP contribution >= 0.6 is 0 Å². The summed E-state index contributed by atoms with van der Waals surface area (Å²) in [6.07, 6.45) is 2.13. The van der Waals surface area contributed by atoms with Crippen molar-refractivity contribution in [1.29, 1.82) is 0 Å². The fourth-order valence-corrected chi connectivity index (χ4v) is 2.75. The molecule has 0 aliphatic heterocycles. The summed E-state index contributed by atoms with van der Waals surface area (Å²) < 4.78 is 6.12. The van der Waals surface area contributed by atoms with Crippen LogP contribution < -0.4 is 5.32 Å². The van der Waals surface area contributed by atoms with Crippen LogP contribution in [0.1, 0.15) is 63.3 Å². The van der Waals surface area contributed by atoms with E-state index in [4.69, 9.17) is 4.74 Å². The summed E-state index contributed by atoms with van der Waals surface area (Å²) in [6, 6.07) is 6.81. The van der Waals surface area contributed by atoms with Gasteiger partial charge in [-0.05, 0) is 63.8 Å². The van der Waals surface area contributed by atoms with E-state index in [-0.39, 0.29) is 11.6 Å². The van der Waals surface area contributed by atoms with Crippen LogP contribution in [-0.2, 0) is 4.74 Å². The topological polar surface area (TPSA) is 21.3 Å². The molecular weight excluding hydrogens is 246 g/mol. The van der Waals surface area contributed by atoms with Crippen LogP contribution in [0.4, 0.5) is 0 Å². The standard InChI is InChI=1S/C18H31NO/c1-7-13-19-17(18(6,8-2)20-9-3)16-12-10-11-14(4)15(16)5/h10-12,17,19H,7-9,13H2,1-6H3. The number of ether oxygens (including phenoxy) is 1. The quantitative estimate of drug-likeness (QED) is 0.752. The Labute approximate surface area is 124 Å². The van der Waals surface area contributed by atoms with E-state index in [0.29, 0.717) is 0 Å². The van der Waals surface area contributed by atoms with E-state index in [1.165, 1.54) is 16.7 Å². The van der Waals surface area contributed by atoms with Gasteiger partial charge in [0, 0.05) is 6.61 Å². The van der Waals surface area contributed by atoms with Crippen molar-refractivity contribution < 1.29 is 4.74 Å². The van der Waals surface area contributed by atoms with Gasteiger partial charge in [0.1, 0.15) is 0 Å². The lowest BCUT2D eigenvalue weighted by Crippen LogP contribution is -2.44. The van der Waals surface area contributed by atoms with Crippen LogP contribution in [0, 0.1) is 13.8 Å². The second kappa shape index (κ2) is 7.80. The van der Waals surface area contributed by atoms with Crippen molar-refractivity contribution in [3.63, 3.8) is 0 Å². The lowest BCUT2D eigenvalue weighted by atomic mass is 9.84. The highest BCUT2D eigenvalue weighted by Crippen LogP contribution is 2.34. The SMILES string of the molecule is CCCNC(c1cccc(C)c1C)C(C)(CC)OCC. The van der Waals surface area contributed by atoms with Gasteiger partial charge in [-0.3, -0.25) is 0 Å². The highest BCUT2D eigenvalue weighted by atomic mass is 16.5. The van der Waals surface area contributed by atoms with Crippen molar-refractivity contribution in [1.82, 2.24) is 5.32 Å². The van der Waals surface area contributed by atoms with Gasteiger partial charge < -0.3 is 10.1 Å². The van der Waals surface area contributed by atoms with Crippen LogP contribution in [0.5, 0.6) is 0 Å². The van der Waals surface area contributed by atoms with Crippen LogP contribution in [-0.4, -0.2) is 18.8 Å². The normalized spacial score (nSPS) is 15.9. The van der Waals surface area contributed by atoms with Crippen LogP contribution in [0.25, 0.3) is 0 Å². The molecule has 2 heteroatoms. The first-order valence-corrected chi connectivity index (χ1v) is 7.93. The molecule has 1 N–H and O–H groups in total. The summed E-state index contributed by atoms with van der Waals surface area (Å²) in [5, 5.41) is 3.71. The third-order valence-electron chi connectivity index (χ3n) is 4.34. The zero-order chi connectivity index (χ0) is 15.2. The first-order valence-electron chi connectivity index (χ1n) is 7.93. The van der Waals surface area contributed by atoms with Crippen molar-refractivity contribution in [3.05, 3.63) is 34.9 Å². The lowest BCUT2D eigenvalue weighted by Gasteiger charge is -2.38. The zero-order valence-electron chi connectivity index (χ0n) is 14.0. The molecule has 0 aliphatic carbocycles. The minimum Gasteiger partial charge on any atom is -0.374 e. The number of hydrogen-bond acceptors (Lipinski definition) is 2. The number of benzene rings is 1. The maximum absolute atomic E-state index is 6.12. The minimum absolute atomic E-state index is 0.164. The molecule has 0 saturated carbocycles.